The number of amides is 1. The molecular weight excluding hydrogens is 390 g/mol. The molecule has 3 rings (SSSR count). The van der Waals surface area contributed by atoms with E-state index in [9.17, 15) is 9.59 Å². The van der Waals surface area contributed by atoms with E-state index in [4.69, 9.17) is 10.00 Å². The zero-order valence-electron chi connectivity index (χ0n) is 16.4. The van der Waals surface area contributed by atoms with Crippen molar-refractivity contribution in [3.05, 3.63) is 57.7 Å². The third-order valence-electron chi connectivity index (χ3n) is 4.22. The number of hydrogen-bond donors (Lipinski definition) is 1. The normalized spacial score (nSPS) is 11.6. The number of carbonyl (C=O) groups excluding carboxylic acids is 2. The maximum absolute atomic E-state index is 12.5. The van der Waals surface area contributed by atoms with Crippen LogP contribution in [0.2, 0.25) is 0 Å². The Kier molecular flexibility index (Phi) is 5.75. The summed E-state index contributed by atoms with van der Waals surface area (Å²) in [7, 11) is 0. The molecule has 0 spiro atoms. The fourth-order valence-electron chi connectivity index (χ4n) is 2.68. The van der Waals surface area contributed by atoms with Crippen molar-refractivity contribution >= 4 is 28.2 Å². The molecule has 3 aromatic rings. The summed E-state index contributed by atoms with van der Waals surface area (Å²) in [4.78, 5) is 26.2. The van der Waals surface area contributed by atoms with Crippen LogP contribution in [0.15, 0.2) is 29.6 Å². The zero-order chi connectivity index (χ0) is 21.1. The molecule has 0 fully saturated rings. The molecule has 29 heavy (non-hydrogen) atoms. The van der Waals surface area contributed by atoms with E-state index in [1.807, 2.05) is 38.1 Å². The lowest BCUT2D eigenvalue weighted by Gasteiger charge is -2.12. The molecule has 0 aliphatic rings. The molecule has 1 aromatic carbocycles. The molecule has 0 radical (unpaired) electrons. The van der Waals surface area contributed by atoms with Gasteiger partial charge in [0.1, 0.15) is 11.1 Å². The van der Waals surface area contributed by atoms with Crippen molar-refractivity contribution in [1.82, 2.24) is 15.0 Å². The van der Waals surface area contributed by atoms with E-state index < -0.39 is 18.0 Å². The Labute approximate surface area is 171 Å². The lowest BCUT2D eigenvalue weighted by atomic mass is 10.1. The van der Waals surface area contributed by atoms with Gasteiger partial charge in [-0.15, -0.1) is 16.4 Å². The van der Waals surface area contributed by atoms with E-state index in [-0.39, 0.29) is 5.69 Å². The number of nitriles is 1. The first kappa shape index (κ1) is 20.2. The van der Waals surface area contributed by atoms with Gasteiger partial charge in [-0.25, -0.2) is 4.79 Å². The van der Waals surface area contributed by atoms with Gasteiger partial charge in [0, 0.05) is 0 Å². The number of benzene rings is 1. The average molecular weight is 409 g/mol. The molecule has 9 heteroatoms. The van der Waals surface area contributed by atoms with Crippen LogP contribution in [-0.2, 0) is 9.53 Å². The molecule has 2 aromatic heterocycles. The van der Waals surface area contributed by atoms with Gasteiger partial charge in [0.15, 0.2) is 11.8 Å². The Morgan fingerprint density at radius 3 is 2.69 bits per heavy atom. The van der Waals surface area contributed by atoms with Crippen molar-refractivity contribution < 1.29 is 14.3 Å². The number of anilines is 1. The van der Waals surface area contributed by atoms with Gasteiger partial charge < -0.3 is 10.1 Å². The Morgan fingerprint density at radius 1 is 1.24 bits per heavy atom. The number of rotatable bonds is 5. The average Bonchev–Trinajstić information content (AvgIpc) is 3.27. The van der Waals surface area contributed by atoms with E-state index in [0.717, 1.165) is 16.8 Å². The second-order valence-corrected chi connectivity index (χ2v) is 7.44. The molecule has 1 N–H and O–H groups in total. The van der Waals surface area contributed by atoms with E-state index in [1.54, 1.807) is 18.4 Å². The highest BCUT2D eigenvalue weighted by Crippen LogP contribution is 2.22. The highest BCUT2D eigenvalue weighted by molar-refractivity contribution is 7.14. The Hall–Kier alpha value is -3.51. The van der Waals surface area contributed by atoms with Crippen molar-refractivity contribution in [3.63, 3.8) is 0 Å². The zero-order valence-corrected chi connectivity index (χ0v) is 17.2. The largest absolute Gasteiger partial charge is 0.448 e. The van der Waals surface area contributed by atoms with E-state index in [2.05, 4.69) is 15.5 Å². The van der Waals surface area contributed by atoms with Crippen molar-refractivity contribution in [2.24, 2.45) is 0 Å². The van der Waals surface area contributed by atoms with Crippen LogP contribution in [0.3, 0.4) is 0 Å². The van der Waals surface area contributed by atoms with Gasteiger partial charge in [-0.3, -0.25) is 4.79 Å². The Balaban J connectivity index is 1.73. The molecule has 0 saturated heterocycles. The number of nitrogens with zero attached hydrogens (tertiary/aromatic N) is 4. The fraction of sp³-hybridized carbons (Fsp3) is 0.250. The minimum Gasteiger partial charge on any atom is -0.448 e. The molecular formula is C20H19N5O3S. The first-order valence-electron chi connectivity index (χ1n) is 8.81. The Morgan fingerprint density at radius 2 is 2.00 bits per heavy atom. The van der Waals surface area contributed by atoms with Crippen LogP contribution in [-0.4, -0.2) is 33.0 Å². The molecule has 1 amide bonds. The summed E-state index contributed by atoms with van der Waals surface area (Å²) in [5, 5.41) is 22.3. The maximum atomic E-state index is 12.5. The second kappa shape index (κ2) is 8.24. The SMILES string of the molecule is Cc1ccc(-n2nc(C)c(C(=O)O[C@@H](C)C(=O)Nc3sccc3C#N)n2)c(C)c1. The first-order valence-corrected chi connectivity index (χ1v) is 9.69. The smallest absolute Gasteiger partial charge is 0.361 e. The minimum atomic E-state index is -1.07. The number of thiophene rings is 1. The van der Waals surface area contributed by atoms with Crippen LogP contribution >= 0.6 is 11.3 Å². The molecule has 0 bridgehead atoms. The van der Waals surface area contributed by atoms with Crippen LogP contribution in [0, 0.1) is 32.1 Å². The monoisotopic (exact) mass is 409 g/mol. The predicted molar refractivity (Wildman–Crippen MR) is 108 cm³/mol. The fourth-order valence-corrected chi connectivity index (χ4v) is 3.42. The van der Waals surface area contributed by atoms with Gasteiger partial charge in [0.25, 0.3) is 5.91 Å². The van der Waals surface area contributed by atoms with Gasteiger partial charge in [-0.1, -0.05) is 17.7 Å². The molecule has 0 saturated carbocycles. The van der Waals surface area contributed by atoms with Gasteiger partial charge in [0.05, 0.1) is 16.9 Å². The lowest BCUT2D eigenvalue weighted by Crippen LogP contribution is -2.30. The summed E-state index contributed by atoms with van der Waals surface area (Å²) in [6.07, 6.45) is -1.07. The van der Waals surface area contributed by atoms with Crippen LogP contribution in [0.1, 0.15) is 39.8 Å². The lowest BCUT2D eigenvalue weighted by molar-refractivity contribution is -0.123. The highest BCUT2D eigenvalue weighted by atomic mass is 32.1. The Bertz CT molecular complexity index is 1130. The van der Waals surface area contributed by atoms with Crippen molar-refractivity contribution in [2.45, 2.75) is 33.8 Å². The van der Waals surface area contributed by atoms with E-state index >= 15 is 0 Å². The molecule has 2 heterocycles. The van der Waals surface area contributed by atoms with Gasteiger partial charge in [-0.2, -0.15) is 15.2 Å². The van der Waals surface area contributed by atoms with Crippen LogP contribution in [0.25, 0.3) is 5.69 Å². The van der Waals surface area contributed by atoms with Gasteiger partial charge in [-0.05, 0) is 50.8 Å². The second-order valence-electron chi connectivity index (χ2n) is 6.53. The number of aryl methyl sites for hydroxylation is 3. The number of carbonyl (C=O) groups is 2. The maximum Gasteiger partial charge on any atom is 0.361 e. The summed E-state index contributed by atoms with van der Waals surface area (Å²) in [6.45, 7) is 7.03. The number of ether oxygens (including phenoxy) is 1. The summed E-state index contributed by atoms with van der Waals surface area (Å²) < 4.78 is 5.25. The third kappa shape index (κ3) is 4.33. The number of hydrogen-bond acceptors (Lipinski definition) is 7. The van der Waals surface area contributed by atoms with E-state index in [0.29, 0.717) is 16.3 Å². The molecule has 0 aliphatic heterocycles. The third-order valence-corrected chi connectivity index (χ3v) is 5.05. The quantitative estimate of drug-likeness (QED) is 0.648. The van der Waals surface area contributed by atoms with Crippen LogP contribution in [0.4, 0.5) is 5.00 Å². The molecule has 0 aliphatic carbocycles. The number of nitrogens with one attached hydrogen (secondary N) is 1. The van der Waals surface area contributed by atoms with Crippen molar-refractivity contribution in [2.75, 3.05) is 5.32 Å². The van der Waals surface area contributed by atoms with Crippen LogP contribution in [0.5, 0.6) is 0 Å². The molecule has 1 atom stereocenters. The predicted octanol–water partition coefficient (Wildman–Crippen LogP) is 3.31. The number of aromatic nitrogens is 3. The topological polar surface area (TPSA) is 110 Å². The standard InChI is InChI=1S/C20H19N5O3S/c1-11-5-6-16(12(2)9-11)25-23-13(3)17(24-25)20(27)28-14(4)18(26)22-19-15(10-21)7-8-29-19/h5-9,14H,1-4H3,(H,22,26)/t14-/m0/s1. The highest BCUT2D eigenvalue weighted by Gasteiger charge is 2.24. The van der Waals surface area contributed by atoms with Gasteiger partial charge in [0.2, 0.25) is 0 Å². The summed E-state index contributed by atoms with van der Waals surface area (Å²) >= 11 is 1.22. The molecule has 0 unspecified atom stereocenters. The van der Waals surface area contributed by atoms with Crippen LogP contribution < -0.4 is 5.32 Å². The summed E-state index contributed by atoms with van der Waals surface area (Å²) in [6, 6.07) is 9.40. The molecule has 8 nitrogen and oxygen atoms in total. The van der Waals surface area contributed by atoms with E-state index in [1.165, 1.54) is 23.1 Å². The van der Waals surface area contributed by atoms with Gasteiger partial charge >= 0.3 is 5.97 Å². The number of esters is 1. The summed E-state index contributed by atoms with van der Waals surface area (Å²) in [5.41, 5.74) is 3.63. The first-order chi connectivity index (χ1) is 13.8. The van der Waals surface area contributed by atoms with Crippen molar-refractivity contribution in [3.8, 4) is 11.8 Å². The van der Waals surface area contributed by atoms with Crippen molar-refractivity contribution in [1.29, 1.82) is 5.26 Å². The molecule has 148 valence electrons. The minimum absolute atomic E-state index is 0.0402. The summed E-state index contributed by atoms with van der Waals surface area (Å²) in [5.74, 6) is -1.27.